The van der Waals surface area contributed by atoms with Crippen LogP contribution in [0.15, 0.2) is 40.9 Å². The van der Waals surface area contributed by atoms with Gasteiger partial charge in [0, 0.05) is 29.9 Å². The zero-order valence-corrected chi connectivity index (χ0v) is 14.1. The molecule has 25 heavy (non-hydrogen) atoms. The number of nitriles is 2. The minimum Gasteiger partial charge on any atom is -0.481 e. The largest absolute Gasteiger partial charge is 0.481 e. The topological polar surface area (TPSA) is 117 Å². The fraction of sp³-hybridized carbons (Fsp3) is 0.294. The summed E-state index contributed by atoms with van der Waals surface area (Å²) in [7, 11) is 0. The highest BCUT2D eigenvalue weighted by molar-refractivity contribution is 8.03. The molecule has 0 radical (unpaired) electrons. The van der Waals surface area contributed by atoms with Crippen molar-refractivity contribution >= 4 is 29.3 Å². The molecule has 2 N–H and O–H groups in total. The number of nitrogens with one attached hydrogen (secondary N) is 1. The third-order valence-corrected chi connectivity index (χ3v) is 4.48. The molecule has 0 aliphatic carbocycles. The number of carboxylic acids is 1. The lowest BCUT2D eigenvalue weighted by Crippen LogP contribution is -2.40. The molecular formula is C17H16N4O3S. The number of nitrogens with zero attached hydrogens (tertiary/aromatic N) is 3. The number of hydrogen-bond donors (Lipinski definition) is 2. The molecule has 0 aromatic heterocycles. The highest BCUT2D eigenvalue weighted by Gasteiger charge is 2.28. The monoisotopic (exact) mass is 356 g/mol. The average Bonchev–Trinajstić information content (AvgIpc) is 2.63. The smallest absolute Gasteiger partial charge is 0.306 e. The highest BCUT2D eigenvalue weighted by atomic mass is 32.2. The van der Waals surface area contributed by atoms with Crippen molar-refractivity contribution < 1.29 is 14.7 Å². The van der Waals surface area contributed by atoms with E-state index >= 15 is 0 Å². The lowest BCUT2D eigenvalue weighted by molar-refractivity contribution is -0.145. The summed E-state index contributed by atoms with van der Waals surface area (Å²) in [5.74, 6) is -1.68. The van der Waals surface area contributed by atoms with Gasteiger partial charge in [-0.15, -0.1) is 0 Å². The second-order valence-electron chi connectivity index (χ2n) is 5.44. The summed E-state index contributed by atoms with van der Waals surface area (Å²) in [4.78, 5) is 25.6. The van der Waals surface area contributed by atoms with Crippen LogP contribution in [0.5, 0.6) is 0 Å². The van der Waals surface area contributed by atoms with Gasteiger partial charge in [0.15, 0.2) is 0 Å². The molecule has 1 fully saturated rings. The quantitative estimate of drug-likeness (QED) is 0.360. The molecule has 0 bridgehead atoms. The number of piperidine rings is 1. The van der Waals surface area contributed by atoms with Crippen molar-refractivity contribution in [1.82, 2.24) is 4.90 Å². The first kappa shape index (κ1) is 18.4. The maximum atomic E-state index is 12.4. The summed E-state index contributed by atoms with van der Waals surface area (Å²) < 4.78 is 0. The van der Waals surface area contributed by atoms with Crippen LogP contribution in [0.2, 0.25) is 0 Å². The second kappa shape index (κ2) is 8.76. The fourth-order valence-electron chi connectivity index (χ4n) is 2.47. The third-order valence-electron chi connectivity index (χ3n) is 3.88. The summed E-state index contributed by atoms with van der Waals surface area (Å²) in [5, 5.41) is 31.7. The molecule has 7 nitrogen and oxygen atoms in total. The van der Waals surface area contributed by atoms with Crippen LogP contribution in [-0.4, -0.2) is 35.0 Å². The van der Waals surface area contributed by atoms with E-state index in [1.54, 1.807) is 24.3 Å². The van der Waals surface area contributed by atoms with Gasteiger partial charge in [-0.3, -0.25) is 9.59 Å². The Morgan fingerprint density at radius 3 is 2.40 bits per heavy atom. The Hall–Kier alpha value is -2.97. The maximum absolute atomic E-state index is 12.4. The summed E-state index contributed by atoms with van der Waals surface area (Å²) in [6.45, 7) is 0.657. The van der Waals surface area contributed by atoms with E-state index in [9.17, 15) is 14.9 Å². The Kier molecular flexibility index (Phi) is 6.44. The minimum atomic E-state index is -0.845. The van der Waals surface area contributed by atoms with Crippen LogP contribution in [0.25, 0.3) is 0 Å². The number of carbonyl (C=O) groups excluding carboxylic acids is 1. The van der Waals surface area contributed by atoms with E-state index in [4.69, 9.17) is 10.4 Å². The fourth-order valence-corrected chi connectivity index (χ4v) is 2.85. The van der Waals surface area contributed by atoms with E-state index < -0.39 is 17.8 Å². The summed E-state index contributed by atoms with van der Waals surface area (Å²) >= 11 is 1.05. The molecule has 1 amide bonds. The van der Waals surface area contributed by atoms with Crippen molar-refractivity contribution in [2.45, 2.75) is 17.7 Å². The zero-order chi connectivity index (χ0) is 18.2. The number of carboxylic acid groups (broad SMARTS) is 1. The zero-order valence-electron chi connectivity index (χ0n) is 13.3. The number of rotatable bonds is 5. The van der Waals surface area contributed by atoms with Gasteiger partial charge in [0.2, 0.25) is 0 Å². The van der Waals surface area contributed by atoms with E-state index in [2.05, 4.69) is 5.32 Å². The van der Waals surface area contributed by atoms with Crippen LogP contribution in [-0.2, 0) is 9.59 Å². The molecule has 1 heterocycles. The van der Waals surface area contributed by atoms with Gasteiger partial charge >= 0.3 is 5.97 Å². The Morgan fingerprint density at radius 2 is 1.88 bits per heavy atom. The highest BCUT2D eigenvalue weighted by Crippen LogP contribution is 2.20. The molecular weight excluding hydrogens is 340 g/mol. The molecule has 1 aromatic rings. The Morgan fingerprint density at radius 1 is 1.24 bits per heavy atom. The number of likely N-dealkylation sites (tertiary alicyclic amines) is 1. The first-order chi connectivity index (χ1) is 12.0. The van der Waals surface area contributed by atoms with Crippen LogP contribution in [0.1, 0.15) is 12.8 Å². The first-order valence-corrected chi connectivity index (χ1v) is 8.41. The maximum Gasteiger partial charge on any atom is 0.306 e. The lowest BCUT2D eigenvalue weighted by atomic mass is 9.97. The van der Waals surface area contributed by atoms with Crippen LogP contribution >= 0.6 is 11.8 Å². The molecule has 0 unspecified atom stereocenters. The number of anilines is 1. The van der Waals surface area contributed by atoms with Crippen molar-refractivity contribution in [1.29, 1.82) is 10.5 Å². The second-order valence-corrected chi connectivity index (χ2v) is 6.29. The molecule has 2 rings (SSSR count). The van der Waals surface area contributed by atoms with Gasteiger partial charge in [-0.25, -0.2) is 0 Å². The van der Waals surface area contributed by atoms with E-state index in [1.807, 2.05) is 11.5 Å². The molecule has 0 atom stereocenters. The van der Waals surface area contributed by atoms with Crippen molar-refractivity contribution in [3.8, 4) is 11.5 Å². The molecule has 1 aliphatic heterocycles. The standard InChI is InChI=1S/C17H16N4O3S/c18-9-13(10-20-14-1-3-15(4-2-14)25-11-19)16(22)21-7-5-12(6-8-21)17(23)24/h1-4,10,12,20H,5-8H2,(H,23,24)/b13-10-. The summed E-state index contributed by atoms with van der Waals surface area (Å²) in [6.07, 6.45) is 2.13. The number of thiocyanates is 1. The summed E-state index contributed by atoms with van der Waals surface area (Å²) in [5.41, 5.74) is 0.650. The van der Waals surface area contributed by atoms with Gasteiger partial charge in [0.25, 0.3) is 5.91 Å². The third kappa shape index (κ3) is 5.00. The normalized spacial score (nSPS) is 15.1. The van der Waals surface area contributed by atoms with E-state index in [0.717, 1.165) is 16.7 Å². The molecule has 8 heteroatoms. The molecule has 1 aliphatic rings. The van der Waals surface area contributed by atoms with Crippen LogP contribution < -0.4 is 5.32 Å². The Balaban J connectivity index is 1.98. The van der Waals surface area contributed by atoms with E-state index in [-0.39, 0.29) is 5.57 Å². The van der Waals surface area contributed by atoms with Crippen LogP contribution in [0.4, 0.5) is 5.69 Å². The molecule has 128 valence electrons. The predicted octanol–water partition coefficient (Wildman–Crippen LogP) is 2.40. The van der Waals surface area contributed by atoms with Crippen molar-refractivity contribution in [3.63, 3.8) is 0 Å². The predicted molar refractivity (Wildman–Crippen MR) is 92.2 cm³/mol. The number of carbonyl (C=O) groups is 2. The van der Waals surface area contributed by atoms with E-state index in [0.29, 0.717) is 31.6 Å². The van der Waals surface area contributed by atoms with Gasteiger partial charge < -0.3 is 15.3 Å². The van der Waals surface area contributed by atoms with Crippen LogP contribution in [0.3, 0.4) is 0 Å². The minimum absolute atomic E-state index is 0.0377. The van der Waals surface area contributed by atoms with Gasteiger partial charge in [0.05, 0.1) is 5.92 Å². The van der Waals surface area contributed by atoms with Crippen molar-refractivity contribution in [2.75, 3.05) is 18.4 Å². The SMILES string of the molecule is N#CSc1ccc(N/C=C(/C#N)C(=O)N2CCC(C(=O)O)CC2)cc1. The average molecular weight is 356 g/mol. The van der Waals surface area contributed by atoms with Gasteiger partial charge in [-0.05, 0) is 48.9 Å². The van der Waals surface area contributed by atoms with Crippen molar-refractivity contribution in [3.05, 3.63) is 36.0 Å². The Bertz CT molecular complexity index is 754. The number of amides is 1. The van der Waals surface area contributed by atoms with Gasteiger partial charge in [-0.1, -0.05) is 0 Å². The number of aliphatic carboxylic acids is 1. The Labute approximate surface area is 149 Å². The molecule has 1 aromatic carbocycles. The number of thioether (sulfide) groups is 1. The summed E-state index contributed by atoms with van der Waals surface area (Å²) in [6, 6.07) is 8.88. The van der Waals surface area contributed by atoms with Crippen LogP contribution in [0, 0.1) is 27.9 Å². The molecule has 0 saturated carbocycles. The number of hydrogen-bond acceptors (Lipinski definition) is 6. The number of benzene rings is 1. The first-order valence-electron chi connectivity index (χ1n) is 7.60. The van der Waals surface area contributed by atoms with E-state index in [1.165, 1.54) is 11.1 Å². The van der Waals surface area contributed by atoms with Crippen molar-refractivity contribution in [2.24, 2.45) is 5.92 Å². The lowest BCUT2D eigenvalue weighted by Gasteiger charge is -2.29. The van der Waals surface area contributed by atoms with Gasteiger partial charge in [-0.2, -0.15) is 10.5 Å². The molecule has 0 spiro atoms. The van der Waals surface area contributed by atoms with Gasteiger partial charge in [0.1, 0.15) is 17.0 Å². The molecule has 1 saturated heterocycles.